The molecule has 0 bridgehead atoms. The third-order valence-corrected chi connectivity index (χ3v) is 2.18. The number of nitrogens with one attached hydrogen (secondary N) is 1. The van der Waals surface area contributed by atoms with E-state index < -0.39 is 0 Å². The molecular formula is C13H15N3. The van der Waals surface area contributed by atoms with Gasteiger partial charge in [0.2, 0.25) is 0 Å². The minimum absolute atomic E-state index is 0.0224. The van der Waals surface area contributed by atoms with Gasteiger partial charge in [-0.15, -0.1) is 6.42 Å². The van der Waals surface area contributed by atoms with Crippen molar-refractivity contribution in [2.45, 2.75) is 32.7 Å². The third-order valence-electron chi connectivity index (χ3n) is 2.18. The summed E-state index contributed by atoms with van der Waals surface area (Å²) < 4.78 is 0. The molecule has 3 heteroatoms. The van der Waals surface area contributed by atoms with Crippen molar-refractivity contribution in [1.82, 2.24) is 4.98 Å². The second-order valence-corrected chi connectivity index (χ2v) is 3.65. The van der Waals surface area contributed by atoms with Crippen LogP contribution < -0.4 is 5.32 Å². The van der Waals surface area contributed by atoms with Gasteiger partial charge >= 0.3 is 0 Å². The Morgan fingerprint density at radius 1 is 1.56 bits per heavy atom. The average Bonchev–Trinajstić information content (AvgIpc) is 2.27. The van der Waals surface area contributed by atoms with E-state index in [1.54, 1.807) is 12.1 Å². The molecule has 82 valence electrons. The molecule has 0 fully saturated rings. The van der Waals surface area contributed by atoms with Gasteiger partial charge in [0.25, 0.3) is 0 Å². The summed E-state index contributed by atoms with van der Waals surface area (Å²) in [4.78, 5) is 4.29. The van der Waals surface area contributed by atoms with Gasteiger partial charge in [0.1, 0.15) is 5.82 Å². The number of anilines is 1. The molecule has 1 rings (SSSR count). The van der Waals surface area contributed by atoms with Crippen LogP contribution in [0.2, 0.25) is 0 Å². The molecule has 16 heavy (non-hydrogen) atoms. The summed E-state index contributed by atoms with van der Waals surface area (Å²) in [7, 11) is 0. The van der Waals surface area contributed by atoms with Crippen LogP contribution in [0.5, 0.6) is 0 Å². The SMILES string of the molecule is C#CC(CCC)Nc1cc(C#N)cc(C)n1. The predicted octanol–water partition coefficient (Wildman–Crippen LogP) is 2.48. The van der Waals surface area contributed by atoms with E-state index in [9.17, 15) is 0 Å². The number of terminal acetylenes is 1. The Hall–Kier alpha value is -2.00. The zero-order valence-corrected chi connectivity index (χ0v) is 9.62. The van der Waals surface area contributed by atoms with Crippen molar-refractivity contribution >= 4 is 5.82 Å². The van der Waals surface area contributed by atoms with Crippen molar-refractivity contribution in [1.29, 1.82) is 5.26 Å². The standard InChI is InChI=1S/C13H15N3/c1-4-6-12(5-2)16-13-8-11(9-14)7-10(3)15-13/h2,7-8,12H,4,6H2,1,3H3,(H,15,16). The van der Waals surface area contributed by atoms with E-state index in [1.165, 1.54) is 0 Å². The topological polar surface area (TPSA) is 48.7 Å². The summed E-state index contributed by atoms with van der Waals surface area (Å²) in [6.07, 6.45) is 7.32. The number of aryl methyl sites for hydroxylation is 1. The van der Waals surface area contributed by atoms with Gasteiger partial charge in [0.05, 0.1) is 17.7 Å². The lowest BCUT2D eigenvalue weighted by atomic mass is 10.1. The highest BCUT2D eigenvalue weighted by molar-refractivity contribution is 5.46. The first kappa shape index (κ1) is 12.1. The minimum Gasteiger partial charge on any atom is -0.356 e. The zero-order chi connectivity index (χ0) is 12.0. The summed E-state index contributed by atoms with van der Waals surface area (Å²) >= 11 is 0. The highest BCUT2D eigenvalue weighted by Gasteiger charge is 2.05. The Kier molecular flexibility index (Phi) is 4.36. The van der Waals surface area contributed by atoms with E-state index in [0.717, 1.165) is 18.5 Å². The summed E-state index contributed by atoms with van der Waals surface area (Å²) in [5.74, 6) is 3.35. The molecule has 0 aromatic carbocycles. The van der Waals surface area contributed by atoms with Crippen LogP contribution >= 0.6 is 0 Å². The first-order valence-corrected chi connectivity index (χ1v) is 5.31. The molecule has 0 aliphatic heterocycles. The number of aromatic nitrogens is 1. The molecule has 1 aromatic rings. The third kappa shape index (κ3) is 3.29. The smallest absolute Gasteiger partial charge is 0.128 e. The van der Waals surface area contributed by atoms with E-state index in [0.29, 0.717) is 11.4 Å². The molecule has 1 heterocycles. The quantitative estimate of drug-likeness (QED) is 0.782. The first-order valence-electron chi connectivity index (χ1n) is 5.31. The van der Waals surface area contributed by atoms with Gasteiger partial charge in [-0.05, 0) is 25.5 Å². The van der Waals surface area contributed by atoms with Gasteiger partial charge in [0.15, 0.2) is 0 Å². The van der Waals surface area contributed by atoms with Crippen LogP contribution in [0.25, 0.3) is 0 Å². The molecule has 0 spiro atoms. The summed E-state index contributed by atoms with van der Waals surface area (Å²) in [5, 5.41) is 12.0. The maximum absolute atomic E-state index is 8.84. The maximum atomic E-state index is 8.84. The predicted molar refractivity (Wildman–Crippen MR) is 64.8 cm³/mol. The molecular weight excluding hydrogens is 198 g/mol. The number of hydrogen-bond donors (Lipinski definition) is 1. The fraction of sp³-hybridized carbons (Fsp3) is 0.385. The lowest BCUT2D eigenvalue weighted by Gasteiger charge is -2.13. The number of rotatable bonds is 4. The fourth-order valence-electron chi connectivity index (χ4n) is 1.47. The van der Waals surface area contributed by atoms with Gasteiger partial charge in [0, 0.05) is 5.69 Å². The normalized spacial score (nSPS) is 11.2. The van der Waals surface area contributed by atoms with Gasteiger partial charge in [-0.3, -0.25) is 0 Å². The second kappa shape index (κ2) is 5.78. The lowest BCUT2D eigenvalue weighted by molar-refractivity contribution is 0.752. The van der Waals surface area contributed by atoms with Crippen LogP contribution in [0.4, 0.5) is 5.82 Å². The molecule has 0 aliphatic carbocycles. The molecule has 1 aromatic heterocycles. The number of pyridine rings is 1. The molecule has 0 saturated heterocycles. The van der Waals surface area contributed by atoms with Gasteiger partial charge < -0.3 is 5.32 Å². The minimum atomic E-state index is -0.0224. The molecule has 1 unspecified atom stereocenters. The van der Waals surface area contributed by atoms with Gasteiger partial charge in [-0.25, -0.2) is 4.98 Å². The zero-order valence-electron chi connectivity index (χ0n) is 9.62. The second-order valence-electron chi connectivity index (χ2n) is 3.65. The number of nitrogens with zero attached hydrogens (tertiary/aromatic N) is 2. The summed E-state index contributed by atoms with van der Waals surface area (Å²) in [6, 6.07) is 5.54. The molecule has 0 amide bonds. The van der Waals surface area contributed by atoms with Crippen LogP contribution in [0, 0.1) is 30.6 Å². The van der Waals surface area contributed by atoms with Gasteiger partial charge in [-0.1, -0.05) is 19.3 Å². The Morgan fingerprint density at radius 3 is 2.88 bits per heavy atom. The van der Waals surface area contributed by atoms with Crippen LogP contribution in [0.1, 0.15) is 31.0 Å². The summed E-state index contributed by atoms with van der Waals surface area (Å²) in [5.41, 5.74) is 1.41. The van der Waals surface area contributed by atoms with E-state index in [-0.39, 0.29) is 6.04 Å². The van der Waals surface area contributed by atoms with E-state index in [4.69, 9.17) is 11.7 Å². The van der Waals surface area contributed by atoms with Crippen molar-refractivity contribution in [3.05, 3.63) is 23.4 Å². The van der Waals surface area contributed by atoms with E-state index in [2.05, 4.69) is 29.2 Å². The fourth-order valence-corrected chi connectivity index (χ4v) is 1.47. The van der Waals surface area contributed by atoms with Gasteiger partial charge in [-0.2, -0.15) is 5.26 Å². The summed E-state index contributed by atoms with van der Waals surface area (Å²) in [6.45, 7) is 3.94. The van der Waals surface area contributed by atoms with Crippen LogP contribution in [0.15, 0.2) is 12.1 Å². The maximum Gasteiger partial charge on any atom is 0.128 e. The molecule has 0 aliphatic rings. The average molecular weight is 213 g/mol. The largest absolute Gasteiger partial charge is 0.356 e. The van der Waals surface area contributed by atoms with Crippen molar-refractivity contribution in [2.75, 3.05) is 5.32 Å². The Morgan fingerprint density at radius 2 is 2.31 bits per heavy atom. The van der Waals surface area contributed by atoms with Crippen molar-refractivity contribution in [2.24, 2.45) is 0 Å². The van der Waals surface area contributed by atoms with Crippen LogP contribution in [0.3, 0.4) is 0 Å². The number of hydrogen-bond acceptors (Lipinski definition) is 3. The Labute approximate surface area is 96.5 Å². The highest BCUT2D eigenvalue weighted by atomic mass is 15.0. The Balaban J connectivity index is 2.85. The monoisotopic (exact) mass is 213 g/mol. The van der Waals surface area contributed by atoms with E-state index in [1.807, 2.05) is 6.92 Å². The highest BCUT2D eigenvalue weighted by Crippen LogP contribution is 2.11. The lowest BCUT2D eigenvalue weighted by Crippen LogP contribution is -2.17. The molecule has 1 atom stereocenters. The van der Waals surface area contributed by atoms with Crippen molar-refractivity contribution in [3.8, 4) is 18.4 Å². The van der Waals surface area contributed by atoms with Crippen LogP contribution in [-0.4, -0.2) is 11.0 Å². The molecule has 0 saturated carbocycles. The Bertz CT molecular complexity index is 437. The first-order chi connectivity index (χ1) is 7.69. The molecule has 1 N–H and O–H groups in total. The van der Waals surface area contributed by atoms with Crippen LogP contribution in [-0.2, 0) is 0 Å². The number of nitriles is 1. The molecule has 3 nitrogen and oxygen atoms in total. The van der Waals surface area contributed by atoms with E-state index >= 15 is 0 Å². The van der Waals surface area contributed by atoms with Crippen molar-refractivity contribution in [3.63, 3.8) is 0 Å². The van der Waals surface area contributed by atoms with Crippen molar-refractivity contribution < 1.29 is 0 Å². The molecule has 0 radical (unpaired) electrons.